The lowest BCUT2D eigenvalue weighted by Crippen LogP contribution is -2.14. The van der Waals surface area contributed by atoms with E-state index in [4.69, 9.17) is 5.11 Å². The Morgan fingerprint density at radius 1 is 1.67 bits per heavy atom. The summed E-state index contributed by atoms with van der Waals surface area (Å²) in [6.45, 7) is 1.28. The van der Waals surface area contributed by atoms with Gasteiger partial charge in [0.25, 0.3) is 0 Å². The Hall–Kier alpha value is -1.03. The van der Waals surface area contributed by atoms with Crippen molar-refractivity contribution in [2.75, 3.05) is 6.73 Å². The minimum absolute atomic E-state index is 0.129. The summed E-state index contributed by atoms with van der Waals surface area (Å²) < 4.78 is 0. The van der Waals surface area contributed by atoms with E-state index in [1.54, 1.807) is 0 Å². The zero-order chi connectivity index (χ0) is 7.11. The summed E-state index contributed by atoms with van der Waals surface area (Å²) in [7, 11) is 0. The zero-order valence-electron chi connectivity index (χ0n) is 5.22. The zero-order valence-corrected chi connectivity index (χ0v) is 5.22. The van der Waals surface area contributed by atoms with E-state index in [2.05, 4.69) is 10.6 Å². The topological polar surface area (TPSA) is 61.4 Å². The van der Waals surface area contributed by atoms with Crippen LogP contribution in [-0.4, -0.2) is 17.7 Å². The van der Waals surface area contributed by atoms with Crippen molar-refractivity contribution in [2.45, 2.75) is 6.92 Å². The highest BCUT2D eigenvalue weighted by atomic mass is 16.3. The Labute approximate surface area is 53.6 Å². The van der Waals surface area contributed by atoms with Crippen LogP contribution in [0, 0.1) is 0 Å². The van der Waals surface area contributed by atoms with Gasteiger partial charge in [0.05, 0.1) is 0 Å². The summed E-state index contributed by atoms with van der Waals surface area (Å²) in [6, 6.07) is 0. The molecule has 0 aliphatic rings. The molecule has 0 fully saturated rings. The smallest absolute Gasteiger partial charge is 0.220 e. The molecule has 4 nitrogen and oxygen atoms in total. The molecule has 0 aliphatic heterocycles. The molecule has 1 amide bonds. The molecule has 0 radical (unpaired) electrons. The van der Waals surface area contributed by atoms with Gasteiger partial charge in [-0.15, -0.1) is 0 Å². The fourth-order valence-corrected chi connectivity index (χ4v) is 0.271. The first-order chi connectivity index (χ1) is 4.27. The number of carbonyl (C=O) groups is 1. The molecular weight excluding hydrogens is 120 g/mol. The van der Waals surface area contributed by atoms with E-state index in [9.17, 15) is 4.79 Å². The van der Waals surface area contributed by atoms with Gasteiger partial charge in [-0.2, -0.15) is 0 Å². The van der Waals surface area contributed by atoms with Gasteiger partial charge in [0.15, 0.2) is 0 Å². The molecule has 0 bridgehead atoms. The minimum Gasteiger partial charge on any atom is -0.377 e. The minimum atomic E-state index is -0.133. The predicted molar refractivity (Wildman–Crippen MR) is 33.2 cm³/mol. The van der Waals surface area contributed by atoms with Crippen LogP contribution >= 0.6 is 0 Å². The van der Waals surface area contributed by atoms with Crippen LogP contribution in [0.1, 0.15) is 6.92 Å². The van der Waals surface area contributed by atoms with E-state index < -0.39 is 0 Å². The number of rotatable bonds is 3. The fourth-order valence-electron chi connectivity index (χ4n) is 0.271. The third-order valence-electron chi connectivity index (χ3n) is 0.579. The number of nitrogens with one attached hydrogen (secondary N) is 2. The van der Waals surface area contributed by atoms with Crippen LogP contribution in [0.25, 0.3) is 0 Å². The second kappa shape index (κ2) is 5.11. The molecule has 0 spiro atoms. The predicted octanol–water partition coefficient (Wildman–Crippen LogP) is -0.867. The van der Waals surface area contributed by atoms with E-state index in [1.807, 2.05) is 0 Å². The van der Waals surface area contributed by atoms with Crippen molar-refractivity contribution in [2.24, 2.45) is 0 Å². The van der Waals surface area contributed by atoms with Crippen molar-refractivity contribution in [3.63, 3.8) is 0 Å². The molecule has 0 rings (SSSR count). The van der Waals surface area contributed by atoms with Gasteiger partial charge in [-0.05, 0) is 0 Å². The van der Waals surface area contributed by atoms with E-state index >= 15 is 0 Å². The van der Waals surface area contributed by atoms with Crippen molar-refractivity contribution in [3.8, 4) is 0 Å². The number of amides is 1. The van der Waals surface area contributed by atoms with Crippen molar-refractivity contribution in [1.29, 1.82) is 0 Å². The fraction of sp³-hybridized carbons (Fsp3) is 0.400. The lowest BCUT2D eigenvalue weighted by Gasteiger charge is -1.91. The number of hydrogen-bond donors (Lipinski definition) is 3. The molecule has 52 valence electrons. The Bertz CT molecular complexity index is 112. The molecule has 0 heterocycles. The van der Waals surface area contributed by atoms with E-state index in [-0.39, 0.29) is 12.6 Å². The molecule has 4 heteroatoms. The average Bonchev–Trinajstić information content (AvgIpc) is 1.80. The van der Waals surface area contributed by atoms with Gasteiger partial charge in [0.1, 0.15) is 6.73 Å². The van der Waals surface area contributed by atoms with Crippen molar-refractivity contribution in [1.82, 2.24) is 10.6 Å². The largest absolute Gasteiger partial charge is 0.377 e. The molecule has 3 N–H and O–H groups in total. The van der Waals surface area contributed by atoms with Crippen molar-refractivity contribution in [3.05, 3.63) is 12.4 Å². The molecule has 0 aliphatic carbocycles. The molecule has 0 aromatic carbocycles. The van der Waals surface area contributed by atoms with E-state index in [0.29, 0.717) is 0 Å². The molecular formula is C5H10N2O2. The van der Waals surface area contributed by atoms with Gasteiger partial charge >= 0.3 is 0 Å². The van der Waals surface area contributed by atoms with Gasteiger partial charge in [-0.1, -0.05) is 0 Å². The number of aliphatic hydroxyl groups excluding tert-OH is 1. The first-order valence-corrected chi connectivity index (χ1v) is 2.53. The quantitative estimate of drug-likeness (QED) is 0.435. The summed E-state index contributed by atoms with van der Waals surface area (Å²) in [6.07, 6.45) is 2.86. The molecule has 0 aromatic heterocycles. The van der Waals surface area contributed by atoms with Crippen LogP contribution in [0.5, 0.6) is 0 Å². The second-order valence-corrected chi connectivity index (χ2v) is 1.40. The van der Waals surface area contributed by atoms with Crippen LogP contribution in [0.15, 0.2) is 12.4 Å². The first kappa shape index (κ1) is 7.97. The lowest BCUT2D eigenvalue weighted by molar-refractivity contribution is -0.118. The Kier molecular flexibility index (Phi) is 4.53. The van der Waals surface area contributed by atoms with Gasteiger partial charge in [-0.25, -0.2) is 0 Å². The molecule has 0 aromatic rings. The van der Waals surface area contributed by atoms with E-state index in [0.717, 1.165) is 0 Å². The van der Waals surface area contributed by atoms with Crippen molar-refractivity contribution < 1.29 is 9.90 Å². The van der Waals surface area contributed by atoms with Crippen LogP contribution < -0.4 is 10.6 Å². The number of aliphatic hydroxyl groups is 1. The van der Waals surface area contributed by atoms with Crippen LogP contribution in [0.3, 0.4) is 0 Å². The van der Waals surface area contributed by atoms with Gasteiger partial charge in [-0.3, -0.25) is 4.79 Å². The standard InChI is InChI=1S/C5H10N2O2/c1-5(9)7-3-2-6-4-8/h2-3,6,8H,4H2,1H3,(H,7,9)/b3-2+. The Morgan fingerprint density at radius 2 is 2.33 bits per heavy atom. The highest BCUT2D eigenvalue weighted by Gasteiger charge is 1.79. The maximum atomic E-state index is 10.2. The van der Waals surface area contributed by atoms with Crippen LogP contribution in [-0.2, 0) is 4.79 Å². The van der Waals surface area contributed by atoms with Gasteiger partial charge in [0.2, 0.25) is 5.91 Å². The van der Waals surface area contributed by atoms with Gasteiger partial charge < -0.3 is 15.7 Å². The molecule has 0 atom stereocenters. The molecule has 0 unspecified atom stereocenters. The van der Waals surface area contributed by atoms with Crippen LogP contribution in [0.2, 0.25) is 0 Å². The molecule has 0 saturated carbocycles. The van der Waals surface area contributed by atoms with Crippen molar-refractivity contribution >= 4 is 5.91 Å². The number of carbonyl (C=O) groups excluding carboxylic acids is 1. The Balaban J connectivity index is 3.14. The highest BCUT2D eigenvalue weighted by molar-refractivity contribution is 5.73. The van der Waals surface area contributed by atoms with Crippen LogP contribution in [0.4, 0.5) is 0 Å². The number of hydrogen-bond acceptors (Lipinski definition) is 3. The van der Waals surface area contributed by atoms with Gasteiger partial charge in [0, 0.05) is 19.3 Å². The summed E-state index contributed by atoms with van der Waals surface area (Å²) in [4.78, 5) is 10.2. The normalized spacial score (nSPS) is 9.56. The SMILES string of the molecule is CC(=O)N/C=C/NCO. The monoisotopic (exact) mass is 130 g/mol. The summed E-state index contributed by atoms with van der Waals surface area (Å²) >= 11 is 0. The second-order valence-electron chi connectivity index (χ2n) is 1.40. The lowest BCUT2D eigenvalue weighted by atomic mass is 10.7. The maximum absolute atomic E-state index is 10.2. The maximum Gasteiger partial charge on any atom is 0.220 e. The average molecular weight is 130 g/mol. The summed E-state index contributed by atoms with van der Waals surface area (Å²) in [5.74, 6) is -0.133. The summed E-state index contributed by atoms with van der Waals surface area (Å²) in [5, 5.41) is 13.0. The highest BCUT2D eigenvalue weighted by Crippen LogP contribution is 1.61. The van der Waals surface area contributed by atoms with E-state index in [1.165, 1.54) is 19.3 Å². The first-order valence-electron chi connectivity index (χ1n) is 2.53. The molecule has 9 heavy (non-hydrogen) atoms. The summed E-state index contributed by atoms with van der Waals surface area (Å²) in [5.41, 5.74) is 0. The third kappa shape index (κ3) is 6.97. The molecule has 0 saturated heterocycles. The third-order valence-corrected chi connectivity index (χ3v) is 0.579. The Morgan fingerprint density at radius 3 is 2.78 bits per heavy atom.